The average Bonchev–Trinajstić information content (AvgIpc) is 3.47. The number of ketones is 1. The van der Waals surface area contributed by atoms with Crippen LogP contribution in [-0.2, 0) is 9.53 Å². The summed E-state index contributed by atoms with van der Waals surface area (Å²) in [6.45, 7) is 4.69. The first-order valence-electron chi connectivity index (χ1n) is 11.0. The van der Waals surface area contributed by atoms with Crippen molar-refractivity contribution in [3.05, 3.63) is 57.5 Å². The minimum Gasteiger partial charge on any atom is -0.503 e. The summed E-state index contributed by atoms with van der Waals surface area (Å²) in [5, 5.41) is 12.6. The maximum absolute atomic E-state index is 13.3. The van der Waals surface area contributed by atoms with Crippen LogP contribution in [0.1, 0.15) is 27.7 Å². The maximum atomic E-state index is 13.3. The Morgan fingerprint density at radius 3 is 2.64 bits per heavy atom. The van der Waals surface area contributed by atoms with E-state index in [0.717, 1.165) is 39.3 Å². The van der Waals surface area contributed by atoms with Crippen LogP contribution in [0.4, 0.5) is 0 Å². The van der Waals surface area contributed by atoms with Gasteiger partial charge in [0.15, 0.2) is 17.3 Å². The van der Waals surface area contributed by atoms with E-state index in [-0.39, 0.29) is 11.4 Å². The standard InChI is InChI=1S/C24H28N2O6S/c1-30-17-7-6-16(15-18(17)31-2)21-20(22(27)19-5-3-14-33-19)23(28)24(29)26(21)9-4-8-25-10-12-32-13-11-25/h3,5-7,14-15,21,28H,4,8-13H2,1-2H3/p+1/t21-/m1/s1. The second kappa shape index (κ2) is 10.4. The molecule has 0 bridgehead atoms. The largest absolute Gasteiger partial charge is 0.503 e. The Kier molecular flexibility index (Phi) is 7.32. The topological polar surface area (TPSA) is 89.7 Å². The Morgan fingerprint density at radius 1 is 1.21 bits per heavy atom. The van der Waals surface area contributed by atoms with Crippen LogP contribution in [0, 0.1) is 0 Å². The number of ether oxygens (including phenoxy) is 3. The van der Waals surface area contributed by atoms with Gasteiger partial charge in [-0.1, -0.05) is 12.1 Å². The van der Waals surface area contributed by atoms with E-state index < -0.39 is 17.7 Å². The van der Waals surface area contributed by atoms with Gasteiger partial charge in [-0.25, -0.2) is 0 Å². The third kappa shape index (κ3) is 4.75. The molecule has 3 heterocycles. The smallest absolute Gasteiger partial charge is 0.290 e. The second-order valence-electron chi connectivity index (χ2n) is 8.05. The lowest BCUT2D eigenvalue weighted by atomic mass is 9.95. The first-order chi connectivity index (χ1) is 16.0. The normalized spacial score (nSPS) is 19.3. The Hall–Kier alpha value is -2.88. The van der Waals surface area contributed by atoms with Crippen LogP contribution in [0.15, 0.2) is 47.0 Å². The summed E-state index contributed by atoms with van der Waals surface area (Å²) < 4.78 is 16.2. The average molecular weight is 474 g/mol. The molecular weight excluding hydrogens is 444 g/mol. The van der Waals surface area contributed by atoms with Crippen molar-refractivity contribution in [2.75, 3.05) is 53.6 Å². The number of Topliss-reactive ketones (excluding diaryl/α,β-unsaturated/α-hetero) is 1. The first kappa shape index (κ1) is 23.3. The number of aliphatic hydroxyl groups is 1. The molecular formula is C24H29N2O6S+. The summed E-state index contributed by atoms with van der Waals surface area (Å²) in [7, 11) is 3.09. The van der Waals surface area contributed by atoms with Crippen LogP contribution in [0.5, 0.6) is 11.5 Å². The lowest BCUT2D eigenvalue weighted by Gasteiger charge is -2.29. The third-order valence-corrected chi connectivity index (χ3v) is 7.01. The first-order valence-corrected chi connectivity index (χ1v) is 11.9. The van der Waals surface area contributed by atoms with Crippen LogP contribution >= 0.6 is 11.3 Å². The van der Waals surface area contributed by atoms with E-state index in [9.17, 15) is 14.7 Å². The van der Waals surface area contributed by atoms with Gasteiger partial charge < -0.3 is 29.1 Å². The van der Waals surface area contributed by atoms with Gasteiger partial charge in [-0.05, 0) is 29.1 Å². The van der Waals surface area contributed by atoms with Crippen molar-refractivity contribution in [3.8, 4) is 11.5 Å². The molecule has 4 rings (SSSR count). The van der Waals surface area contributed by atoms with Gasteiger partial charge in [0.1, 0.15) is 13.1 Å². The highest BCUT2D eigenvalue weighted by Crippen LogP contribution is 2.42. The molecule has 1 atom stereocenters. The molecule has 2 aliphatic rings. The number of methoxy groups -OCH3 is 2. The molecule has 0 spiro atoms. The Bertz CT molecular complexity index is 1030. The summed E-state index contributed by atoms with van der Waals surface area (Å²) in [5.41, 5.74) is 0.789. The minimum absolute atomic E-state index is 0.105. The van der Waals surface area contributed by atoms with Crippen LogP contribution < -0.4 is 14.4 Å². The molecule has 2 aliphatic heterocycles. The van der Waals surface area contributed by atoms with E-state index in [4.69, 9.17) is 14.2 Å². The van der Waals surface area contributed by atoms with Crippen molar-refractivity contribution in [2.24, 2.45) is 0 Å². The number of hydrogen-bond acceptors (Lipinski definition) is 7. The van der Waals surface area contributed by atoms with Crippen LogP contribution in [0.3, 0.4) is 0 Å². The molecule has 2 N–H and O–H groups in total. The molecule has 1 fully saturated rings. The van der Waals surface area contributed by atoms with Crippen molar-refractivity contribution in [1.82, 2.24) is 4.90 Å². The predicted octanol–water partition coefficient (Wildman–Crippen LogP) is 1.65. The highest BCUT2D eigenvalue weighted by molar-refractivity contribution is 7.12. The summed E-state index contributed by atoms with van der Waals surface area (Å²) in [6, 6.07) is 8.09. The number of aliphatic hydroxyl groups excluding tert-OH is 1. The molecule has 33 heavy (non-hydrogen) atoms. The van der Waals surface area contributed by atoms with Crippen molar-refractivity contribution in [1.29, 1.82) is 0 Å². The summed E-state index contributed by atoms with van der Waals surface area (Å²) in [5.74, 6) is -0.294. The van der Waals surface area contributed by atoms with E-state index in [0.29, 0.717) is 28.5 Å². The molecule has 1 saturated heterocycles. The fraction of sp³-hybridized carbons (Fsp3) is 0.417. The lowest BCUT2D eigenvalue weighted by molar-refractivity contribution is -0.908. The van der Waals surface area contributed by atoms with Gasteiger partial charge in [0.2, 0.25) is 5.78 Å². The number of carbonyl (C=O) groups excluding carboxylic acids is 2. The number of nitrogens with zero attached hydrogens (tertiary/aromatic N) is 1. The van der Waals surface area contributed by atoms with E-state index in [1.807, 2.05) is 0 Å². The fourth-order valence-electron chi connectivity index (χ4n) is 4.44. The third-order valence-electron chi connectivity index (χ3n) is 6.15. The molecule has 9 heteroatoms. The number of rotatable bonds is 9. The number of quaternary nitrogens is 1. The molecule has 0 unspecified atom stereocenters. The Balaban J connectivity index is 1.65. The van der Waals surface area contributed by atoms with Gasteiger partial charge in [-0.3, -0.25) is 9.59 Å². The molecule has 2 aromatic rings. The molecule has 1 amide bonds. The van der Waals surface area contributed by atoms with Crippen molar-refractivity contribution < 1.29 is 33.8 Å². The number of nitrogens with one attached hydrogen (secondary N) is 1. The molecule has 0 aliphatic carbocycles. The van der Waals surface area contributed by atoms with Gasteiger partial charge >= 0.3 is 0 Å². The second-order valence-corrected chi connectivity index (χ2v) is 9.00. The molecule has 0 radical (unpaired) electrons. The summed E-state index contributed by atoms with van der Waals surface area (Å²) in [4.78, 5) is 30.0. The number of morpholine rings is 1. The van der Waals surface area contributed by atoms with Gasteiger partial charge in [-0.15, -0.1) is 11.3 Å². The Labute approximate surface area is 197 Å². The minimum atomic E-state index is -0.702. The number of hydrogen-bond donors (Lipinski definition) is 2. The lowest BCUT2D eigenvalue weighted by Crippen LogP contribution is -3.14. The molecule has 1 aromatic carbocycles. The monoisotopic (exact) mass is 473 g/mol. The number of carbonyl (C=O) groups is 2. The molecule has 1 aromatic heterocycles. The SMILES string of the molecule is COc1ccc([C@@H]2C(C(=O)c3cccs3)=C(O)C(=O)N2CCC[NH+]2CCOCC2)cc1OC. The zero-order chi connectivity index (χ0) is 23.4. The van der Waals surface area contributed by atoms with E-state index in [2.05, 4.69) is 0 Å². The van der Waals surface area contributed by atoms with Gasteiger partial charge in [-0.2, -0.15) is 0 Å². The highest BCUT2D eigenvalue weighted by atomic mass is 32.1. The Morgan fingerprint density at radius 2 is 1.97 bits per heavy atom. The molecule has 0 saturated carbocycles. The van der Waals surface area contributed by atoms with Crippen LogP contribution in [0.2, 0.25) is 0 Å². The number of amides is 1. The maximum Gasteiger partial charge on any atom is 0.290 e. The number of thiophene rings is 1. The van der Waals surface area contributed by atoms with E-state index in [1.165, 1.54) is 23.3 Å². The summed E-state index contributed by atoms with van der Waals surface area (Å²) in [6.07, 6.45) is 0.749. The number of benzene rings is 1. The van der Waals surface area contributed by atoms with Crippen LogP contribution in [0.25, 0.3) is 0 Å². The van der Waals surface area contributed by atoms with Crippen LogP contribution in [-0.4, -0.2) is 75.3 Å². The zero-order valence-electron chi connectivity index (χ0n) is 18.8. The highest BCUT2D eigenvalue weighted by Gasteiger charge is 2.44. The fourth-order valence-corrected chi connectivity index (χ4v) is 5.11. The van der Waals surface area contributed by atoms with Gasteiger partial charge in [0, 0.05) is 13.0 Å². The molecule has 176 valence electrons. The zero-order valence-corrected chi connectivity index (χ0v) is 19.7. The van der Waals surface area contributed by atoms with E-state index >= 15 is 0 Å². The van der Waals surface area contributed by atoms with Gasteiger partial charge in [0.05, 0.1) is 50.5 Å². The predicted molar refractivity (Wildman–Crippen MR) is 123 cm³/mol. The quantitative estimate of drug-likeness (QED) is 0.539. The van der Waals surface area contributed by atoms with Gasteiger partial charge in [0.25, 0.3) is 5.91 Å². The van der Waals surface area contributed by atoms with Crippen molar-refractivity contribution in [2.45, 2.75) is 12.5 Å². The van der Waals surface area contributed by atoms with E-state index in [1.54, 1.807) is 47.7 Å². The molecule has 8 nitrogen and oxygen atoms in total. The van der Waals surface area contributed by atoms with Crippen molar-refractivity contribution >= 4 is 23.0 Å². The summed E-state index contributed by atoms with van der Waals surface area (Å²) >= 11 is 1.29. The van der Waals surface area contributed by atoms with Crippen molar-refractivity contribution in [3.63, 3.8) is 0 Å².